The summed E-state index contributed by atoms with van der Waals surface area (Å²) in [5, 5.41) is 9.52. The minimum Gasteiger partial charge on any atom is -0.478 e. The number of rotatable bonds is 3. The lowest BCUT2D eigenvalue weighted by molar-refractivity contribution is 0.0698. The van der Waals surface area contributed by atoms with Crippen molar-refractivity contribution in [2.45, 2.75) is 58.9 Å². The third kappa shape index (κ3) is 2.55. The summed E-state index contributed by atoms with van der Waals surface area (Å²) < 4.78 is 2.12. The van der Waals surface area contributed by atoms with Crippen LogP contribution in [0.5, 0.6) is 0 Å². The molecular formula is C17H24N2O2. The van der Waals surface area contributed by atoms with E-state index in [-0.39, 0.29) is 11.0 Å². The molecule has 0 amide bonds. The van der Waals surface area contributed by atoms with Gasteiger partial charge in [-0.1, -0.05) is 33.8 Å². The standard InChI is InChI=1S/C17H24N2O2/c1-7-17(5,6)19-13-11(14(20)21)9-8-10-12(13)18-15(19)16(2,3)4/h8-10H,7H2,1-6H3,(H,20,21). The fourth-order valence-electron chi connectivity index (χ4n) is 2.55. The maximum Gasteiger partial charge on any atom is 0.337 e. The van der Waals surface area contributed by atoms with Crippen LogP contribution in [0.25, 0.3) is 11.0 Å². The van der Waals surface area contributed by atoms with Crippen LogP contribution in [-0.4, -0.2) is 20.6 Å². The van der Waals surface area contributed by atoms with Crippen LogP contribution >= 0.6 is 0 Å². The molecule has 1 heterocycles. The zero-order chi connectivity index (χ0) is 16.0. The van der Waals surface area contributed by atoms with Gasteiger partial charge in [0.2, 0.25) is 0 Å². The average molecular weight is 288 g/mol. The second kappa shape index (κ2) is 4.86. The van der Waals surface area contributed by atoms with Crippen LogP contribution in [0, 0.1) is 0 Å². The largest absolute Gasteiger partial charge is 0.478 e. The Morgan fingerprint density at radius 1 is 1.24 bits per heavy atom. The molecule has 0 spiro atoms. The Kier molecular flexibility index (Phi) is 3.60. The molecule has 0 fully saturated rings. The van der Waals surface area contributed by atoms with E-state index in [9.17, 15) is 9.90 Å². The van der Waals surface area contributed by atoms with E-state index in [2.05, 4.69) is 46.1 Å². The highest BCUT2D eigenvalue weighted by Gasteiger charge is 2.32. The summed E-state index contributed by atoms with van der Waals surface area (Å²) in [6.07, 6.45) is 0.898. The van der Waals surface area contributed by atoms with Crippen molar-refractivity contribution in [3.05, 3.63) is 29.6 Å². The van der Waals surface area contributed by atoms with Gasteiger partial charge in [0, 0.05) is 11.0 Å². The number of para-hydroxylation sites is 1. The number of carboxylic acid groups (broad SMARTS) is 1. The molecule has 4 heteroatoms. The smallest absolute Gasteiger partial charge is 0.337 e. The highest BCUT2D eigenvalue weighted by molar-refractivity contribution is 6.01. The molecule has 0 aliphatic heterocycles. The first-order chi connectivity index (χ1) is 9.59. The van der Waals surface area contributed by atoms with E-state index in [4.69, 9.17) is 4.98 Å². The summed E-state index contributed by atoms with van der Waals surface area (Å²) >= 11 is 0. The first-order valence-corrected chi connectivity index (χ1v) is 7.35. The molecule has 1 aromatic heterocycles. The minimum absolute atomic E-state index is 0.152. The van der Waals surface area contributed by atoms with Crippen LogP contribution in [0.1, 0.15) is 64.1 Å². The monoisotopic (exact) mass is 288 g/mol. The van der Waals surface area contributed by atoms with Gasteiger partial charge < -0.3 is 9.67 Å². The molecule has 2 rings (SSSR count). The molecule has 0 aliphatic rings. The van der Waals surface area contributed by atoms with Crippen LogP contribution in [0.15, 0.2) is 18.2 Å². The maximum absolute atomic E-state index is 11.6. The number of imidazole rings is 1. The molecule has 0 atom stereocenters. The molecule has 1 N–H and O–H groups in total. The van der Waals surface area contributed by atoms with Gasteiger partial charge in [0.15, 0.2) is 0 Å². The van der Waals surface area contributed by atoms with Gasteiger partial charge in [-0.2, -0.15) is 0 Å². The number of carboxylic acids is 1. The van der Waals surface area contributed by atoms with Crippen LogP contribution in [0.4, 0.5) is 0 Å². The Morgan fingerprint density at radius 2 is 1.86 bits per heavy atom. The van der Waals surface area contributed by atoms with Crippen LogP contribution in [0.3, 0.4) is 0 Å². The van der Waals surface area contributed by atoms with E-state index >= 15 is 0 Å². The van der Waals surface area contributed by atoms with Crippen molar-refractivity contribution in [1.29, 1.82) is 0 Å². The number of benzene rings is 1. The SMILES string of the molecule is CCC(C)(C)n1c(C(C)(C)C)nc2cccc(C(=O)O)c21. The molecule has 0 saturated heterocycles. The van der Waals surface area contributed by atoms with E-state index in [0.29, 0.717) is 5.56 Å². The van der Waals surface area contributed by atoms with Gasteiger partial charge >= 0.3 is 5.97 Å². The van der Waals surface area contributed by atoms with Gasteiger partial charge in [0.05, 0.1) is 16.6 Å². The number of hydrogen-bond donors (Lipinski definition) is 1. The Hall–Kier alpha value is -1.84. The van der Waals surface area contributed by atoms with Crippen molar-refractivity contribution in [3.8, 4) is 0 Å². The lowest BCUT2D eigenvalue weighted by atomic mass is 9.92. The first kappa shape index (κ1) is 15.5. The lowest BCUT2D eigenvalue weighted by Gasteiger charge is -2.32. The van der Waals surface area contributed by atoms with Gasteiger partial charge in [-0.25, -0.2) is 9.78 Å². The third-order valence-corrected chi connectivity index (χ3v) is 4.05. The maximum atomic E-state index is 11.6. The molecule has 0 unspecified atom stereocenters. The van der Waals surface area contributed by atoms with Gasteiger partial charge in [0.25, 0.3) is 0 Å². The lowest BCUT2D eigenvalue weighted by Crippen LogP contribution is -2.32. The van der Waals surface area contributed by atoms with Gasteiger partial charge in [-0.3, -0.25) is 0 Å². The fourth-order valence-corrected chi connectivity index (χ4v) is 2.55. The Balaban J connectivity index is 2.98. The van der Waals surface area contributed by atoms with Crippen LogP contribution in [-0.2, 0) is 11.0 Å². The quantitative estimate of drug-likeness (QED) is 0.922. The molecule has 0 bridgehead atoms. The van der Waals surface area contributed by atoms with E-state index in [1.54, 1.807) is 12.1 Å². The summed E-state index contributed by atoms with van der Waals surface area (Å²) in [5.41, 5.74) is 1.45. The summed E-state index contributed by atoms with van der Waals surface area (Å²) in [5.74, 6) is 0.0205. The molecule has 0 radical (unpaired) electrons. The second-order valence-electron chi connectivity index (χ2n) is 7.17. The number of aromatic nitrogens is 2. The topological polar surface area (TPSA) is 55.1 Å². The van der Waals surface area contributed by atoms with E-state index in [1.165, 1.54) is 0 Å². The highest BCUT2D eigenvalue weighted by atomic mass is 16.4. The van der Waals surface area contributed by atoms with Gasteiger partial charge in [-0.05, 0) is 32.4 Å². The summed E-state index contributed by atoms with van der Waals surface area (Å²) in [6, 6.07) is 5.30. The summed E-state index contributed by atoms with van der Waals surface area (Å²) in [6.45, 7) is 12.7. The molecule has 4 nitrogen and oxygen atoms in total. The van der Waals surface area contributed by atoms with Crippen molar-refractivity contribution in [2.75, 3.05) is 0 Å². The predicted molar refractivity (Wildman–Crippen MR) is 85.0 cm³/mol. The first-order valence-electron chi connectivity index (χ1n) is 7.35. The molecule has 1 aromatic carbocycles. The molecular weight excluding hydrogens is 264 g/mol. The number of aromatic carboxylic acids is 1. The van der Waals surface area contributed by atoms with Crippen molar-refractivity contribution in [1.82, 2.24) is 9.55 Å². The van der Waals surface area contributed by atoms with Crippen molar-refractivity contribution >= 4 is 17.0 Å². The number of nitrogens with zero attached hydrogens (tertiary/aromatic N) is 2. The van der Waals surface area contributed by atoms with E-state index in [1.807, 2.05) is 6.07 Å². The van der Waals surface area contributed by atoms with E-state index < -0.39 is 5.97 Å². The Morgan fingerprint density at radius 3 is 2.33 bits per heavy atom. The molecule has 114 valence electrons. The molecule has 21 heavy (non-hydrogen) atoms. The molecule has 2 aromatic rings. The molecule has 0 aliphatic carbocycles. The summed E-state index contributed by atoms with van der Waals surface area (Å²) in [7, 11) is 0. The molecule has 0 saturated carbocycles. The normalized spacial score (nSPS) is 12.9. The predicted octanol–water partition coefficient (Wildman–Crippen LogP) is 4.18. The van der Waals surface area contributed by atoms with Crippen molar-refractivity contribution < 1.29 is 9.90 Å². The number of carbonyl (C=O) groups is 1. The Bertz CT molecular complexity index is 691. The van der Waals surface area contributed by atoms with Gasteiger partial charge in [-0.15, -0.1) is 0 Å². The highest BCUT2D eigenvalue weighted by Crippen LogP contribution is 2.35. The number of hydrogen-bond acceptors (Lipinski definition) is 2. The zero-order valence-corrected chi connectivity index (χ0v) is 13.7. The zero-order valence-electron chi connectivity index (χ0n) is 13.7. The van der Waals surface area contributed by atoms with Crippen LogP contribution in [0.2, 0.25) is 0 Å². The summed E-state index contributed by atoms with van der Waals surface area (Å²) in [4.78, 5) is 16.3. The van der Waals surface area contributed by atoms with Crippen molar-refractivity contribution in [3.63, 3.8) is 0 Å². The number of fused-ring (bicyclic) bond motifs is 1. The minimum atomic E-state index is -0.908. The van der Waals surface area contributed by atoms with Crippen molar-refractivity contribution in [2.24, 2.45) is 0 Å². The van der Waals surface area contributed by atoms with E-state index in [0.717, 1.165) is 23.3 Å². The average Bonchev–Trinajstić information content (AvgIpc) is 2.78. The van der Waals surface area contributed by atoms with Crippen LogP contribution < -0.4 is 0 Å². The Labute approximate surface area is 125 Å². The van der Waals surface area contributed by atoms with Gasteiger partial charge in [0.1, 0.15) is 5.82 Å². The fraction of sp³-hybridized carbons (Fsp3) is 0.529. The second-order valence-corrected chi connectivity index (χ2v) is 7.17. The third-order valence-electron chi connectivity index (χ3n) is 4.05.